The highest BCUT2D eigenvalue weighted by Gasteiger charge is 2.25. The zero-order valence-electron chi connectivity index (χ0n) is 6.22. The van der Waals surface area contributed by atoms with Gasteiger partial charge in [-0.2, -0.15) is 0 Å². The lowest BCUT2D eigenvalue weighted by atomic mass is 10.9. The molecule has 0 bridgehead atoms. The minimum atomic E-state index is -1.02. The van der Waals surface area contributed by atoms with E-state index < -0.39 is 6.10 Å². The summed E-state index contributed by atoms with van der Waals surface area (Å²) in [5, 5.41) is 0. The SMILES string of the molecule is COC(N[SiH3])(OC)OC. The van der Waals surface area contributed by atoms with Crippen LogP contribution in [0.25, 0.3) is 0 Å². The maximum Gasteiger partial charge on any atom is 0.343 e. The van der Waals surface area contributed by atoms with Gasteiger partial charge >= 0.3 is 6.10 Å². The molecule has 0 rings (SSSR count). The van der Waals surface area contributed by atoms with E-state index in [1.807, 2.05) is 0 Å². The van der Waals surface area contributed by atoms with Gasteiger partial charge in [-0.25, -0.2) is 0 Å². The van der Waals surface area contributed by atoms with E-state index in [2.05, 4.69) is 4.98 Å². The molecule has 0 heterocycles. The molecule has 0 atom stereocenters. The molecule has 4 nitrogen and oxygen atoms in total. The van der Waals surface area contributed by atoms with Gasteiger partial charge in [0.05, 0.1) is 10.4 Å². The summed E-state index contributed by atoms with van der Waals surface area (Å²) in [6.45, 7) is 0. The van der Waals surface area contributed by atoms with Crippen molar-refractivity contribution in [3.8, 4) is 0 Å². The molecule has 9 heavy (non-hydrogen) atoms. The van der Waals surface area contributed by atoms with E-state index in [0.717, 1.165) is 10.4 Å². The summed E-state index contributed by atoms with van der Waals surface area (Å²) < 4.78 is 14.6. The van der Waals surface area contributed by atoms with E-state index in [0.29, 0.717) is 0 Å². The molecule has 0 aromatic rings. The van der Waals surface area contributed by atoms with Crippen molar-refractivity contribution in [3.63, 3.8) is 0 Å². The van der Waals surface area contributed by atoms with Crippen molar-refractivity contribution in [2.75, 3.05) is 21.3 Å². The van der Waals surface area contributed by atoms with Crippen LogP contribution in [0.2, 0.25) is 0 Å². The first-order valence-electron chi connectivity index (χ1n) is 2.59. The quantitative estimate of drug-likeness (QED) is 0.388. The van der Waals surface area contributed by atoms with Gasteiger partial charge in [0.15, 0.2) is 0 Å². The van der Waals surface area contributed by atoms with Crippen molar-refractivity contribution in [1.82, 2.24) is 4.98 Å². The van der Waals surface area contributed by atoms with Crippen LogP contribution >= 0.6 is 0 Å². The standard InChI is InChI=1S/C4H13NO3Si/c1-6-4(5-9,7-2)8-3/h5H,1-3,9H3. The first-order chi connectivity index (χ1) is 4.24. The van der Waals surface area contributed by atoms with Gasteiger partial charge in [0, 0.05) is 21.3 Å². The molecule has 0 radical (unpaired) electrons. The van der Waals surface area contributed by atoms with Gasteiger partial charge < -0.3 is 14.2 Å². The van der Waals surface area contributed by atoms with Crippen LogP contribution in [0.1, 0.15) is 0 Å². The highest BCUT2D eigenvalue weighted by molar-refractivity contribution is 6.04. The Kier molecular flexibility index (Phi) is 3.99. The highest BCUT2D eigenvalue weighted by atomic mass is 28.2. The monoisotopic (exact) mass is 151 g/mol. The zero-order valence-corrected chi connectivity index (χ0v) is 8.22. The number of rotatable bonds is 4. The molecule has 0 aliphatic carbocycles. The predicted molar refractivity (Wildman–Crippen MR) is 36.8 cm³/mol. The highest BCUT2D eigenvalue weighted by Crippen LogP contribution is 2.04. The lowest BCUT2D eigenvalue weighted by Crippen LogP contribution is -2.49. The lowest BCUT2D eigenvalue weighted by molar-refractivity contribution is -0.359. The average molecular weight is 151 g/mol. The Bertz CT molecular complexity index is 58.7. The predicted octanol–water partition coefficient (Wildman–Crippen LogP) is -1.59. The maximum atomic E-state index is 4.86. The molecule has 1 N–H and O–H groups in total. The molecule has 0 saturated heterocycles. The van der Waals surface area contributed by atoms with Crippen LogP contribution in [0.15, 0.2) is 0 Å². The van der Waals surface area contributed by atoms with Crippen molar-refractivity contribution in [3.05, 3.63) is 0 Å². The largest absolute Gasteiger partial charge is 0.343 e. The molecule has 0 aliphatic rings. The van der Waals surface area contributed by atoms with Gasteiger partial charge in [-0.15, -0.1) is 0 Å². The fourth-order valence-electron chi connectivity index (χ4n) is 0.556. The number of hydrogen-bond acceptors (Lipinski definition) is 4. The summed E-state index contributed by atoms with van der Waals surface area (Å²) >= 11 is 0. The fraction of sp³-hybridized carbons (Fsp3) is 1.00. The maximum absolute atomic E-state index is 4.86. The minimum absolute atomic E-state index is 0.750. The van der Waals surface area contributed by atoms with Crippen LogP contribution in [-0.4, -0.2) is 37.8 Å². The molecule has 0 aromatic carbocycles. The van der Waals surface area contributed by atoms with Crippen molar-refractivity contribution in [2.45, 2.75) is 6.10 Å². The third kappa shape index (κ3) is 2.03. The van der Waals surface area contributed by atoms with Crippen molar-refractivity contribution in [2.24, 2.45) is 0 Å². The van der Waals surface area contributed by atoms with Crippen LogP contribution in [0.4, 0.5) is 0 Å². The Hall–Kier alpha value is 0.0569. The molecule has 0 unspecified atom stereocenters. The van der Waals surface area contributed by atoms with Crippen molar-refractivity contribution < 1.29 is 14.2 Å². The second-order valence-corrected chi connectivity index (χ2v) is 1.92. The van der Waals surface area contributed by atoms with Crippen LogP contribution in [0.5, 0.6) is 0 Å². The molecular formula is C4H13NO3Si. The summed E-state index contributed by atoms with van der Waals surface area (Å²) in [4.78, 5) is 2.84. The first-order valence-corrected chi connectivity index (χ1v) is 3.59. The van der Waals surface area contributed by atoms with E-state index >= 15 is 0 Å². The summed E-state index contributed by atoms with van der Waals surface area (Å²) in [6, 6.07) is 0. The Morgan fingerprint density at radius 2 is 1.44 bits per heavy atom. The Morgan fingerprint density at radius 1 is 1.11 bits per heavy atom. The summed E-state index contributed by atoms with van der Waals surface area (Å²) in [7, 11) is 5.29. The summed E-state index contributed by atoms with van der Waals surface area (Å²) in [5.74, 6) is 0. The van der Waals surface area contributed by atoms with E-state index in [-0.39, 0.29) is 0 Å². The van der Waals surface area contributed by atoms with Gasteiger partial charge in [-0.3, -0.25) is 4.98 Å². The van der Waals surface area contributed by atoms with Crippen LogP contribution in [0, 0.1) is 0 Å². The smallest absolute Gasteiger partial charge is 0.318 e. The Labute approximate surface area is 58.0 Å². The normalized spacial score (nSPS) is 12.3. The lowest BCUT2D eigenvalue weighted by Gasteiger charge is -2.27. The topological polar surface area (TPSA) is 39.7 Å². The van der Waals surface area contributed by atoms with Gasteiger partial charge in [0.2, 0.25) is 0 Å². The van der Waals surface area contributed by atoms with Gasteiger partial charge in [0.1, 0.15) is 0 Å². The number of methoxy groups -OCH3 is 3. The third-order valence-electron chi connectivity index (χ3n) is 1.11. The average Bonchev–Trinajstić information content (AvgIpc) is 1.95. The van der Waals surface area contributed by atoms with Gasteiger partial charge in [0.25, 0.3) is 0 Å². The molecule has 0 fully saturated rings. The molecule has 56 valence electrons. The summed E-state index contributed by atoms with van der Waals surface area (Å²) in [5.41, 5.74) is 0. The zero-order chi connectivity index (χ0) is 7.33. The molecule has 0 aliphatic heterocycles. The van der Waals surface area contributed by atoms with E-state index in [1.165, 1.54) is 21.3 Å². The number of ether oxygens (including phenoxy) is 3. The van der Waals surface area contributed by atoms with E-state index in [1.54, 1.807) is 0 Å². The molecule has 0 aromatic heterocycles. The molecular weight excluding hydrogens is 138 g/mol. The van der Waals surface area contributed by atoms with Crippen LogP contribution in [0.3, 0.4) is 0 Å². The number of nitrogens with one attached hydrogen (secondary N) is 1. The fourth-order valence-corrected chi connectivity index (χ4v) is 1.17. The van der Waals surface area contributed by atoms with Crippen molar-refractivity contribution in [1.29, 1.82) is 0 Å². The van der Waals surface area contributed by atoms with Crippen molar-refractivity contribution >= 4 is 10.4 Å². The molecule has 0 spiro atoms. The van der Waals surface area contributed by atoms with Gasteiger partial charge in [-0.1, -0.05) is 0 Å². The van der Waals surface area contributed by atoms with Gasteiger partial charge in [-0.05, 0) is 0 Å². The van der Waals surface area contributed by atoms with Crippen LogP contribution < -0.4 is 4.98 Å². The first kappa shape index (κ1) is 9.06. The summed E-state index contributed by atoms with van der Waals surface area (Å²) in [6.07, 6.45) is -1.02. The molecule has 5 heteroatoms. The van der Waals surface area contributed by atoms with Crippen LogP contribution in [-0.2, 0) is 14.2 Å². The third-order valence-corrected chi connectivity index (χ3v) is 1.72. The Balaban J connectivity index is 3.82. The van der Waals surface area contributed by atoms with E-state index in [4.69, 9.17) is 14.2 Å². The molecule has 0 amide bonds. The van der Waals surface area contributed by atoms with E-state index in [9.17, 15) is 0 Å². The molecule has 0 saturated carbocycles. The minimum Gasteiger partial charge on any atom is -0.318 e. The Morgan fingerprint density at radius 3 is 1.44 bits per heavy atom. The second-order valence-electron chi connectivity index (χ2n) is 1.42. The second kappa shape index (κ2) is 3.97. The number of hydrogen-bond donors (Lipinski definition) is 1.